The number of carbonyl (C=O) groups is 2. The third-order valence-corrected chi connectivity index (χ3v) is 17.1. The number of nitrogens with one attached hydrogen (secondary N) is 1. The second-order valence-corrected chi connectivity index (χ2v) is 21.5. The SMILES string of the molecule is CCOc1ccc2c(c1)CC(NCCCCO)C(=O)N2c1cccc(CN2C(=O)[C@]3(O[C@H](CCO)[C@@H]([Si](C)(C)c4ccc(OC)cc4)[C@@H]3C)c3cc(Br)ccc32)c1. The molecule has 57 heavy (non-hydrogen) atoms. The van der Waals surface area contributed by atoms with Gasteiger partial charge in [0.25, 0.3) is 5.91 Å². The first-order valence-electron chi connectivity index (χ1n) is 20.1. The Morgan fingerprint density at radius 2 is 1.70 bits per heavy atom. The summed E-state index contributed by atoms with van der Waals surface area (Å²) >= 11 is 3.70. The number of aliphatic hydroxyl groups is 2. The normalized spacial score (nSPS) is 22.9. The molecule has 4 aromatic rings. The predicted octanol–water partition coefficient (Wildman–Crippen LogP) is 6.95. The van der Waals surface area contributed by atoms with E-state index in [1.54, 1.807) is 12.0 Å². The zero-order valence-electron chi connectivity index (χ0n) is 33.5. The van der Waals surface area contributed by atoms with Crippen LogP contribution in [0.5, 0.6) is 11.5 Å². The summed E-state index contributed by atoms with van der Waals surface area (Å²) in [6.45, 7) is 10.3. The van der Waals surface area contributed by atoms with E-state index in [0.717, 1.165) is 50.5 Å². The molecule has 12 heteroatoms. The van der Waals surface area contributed by atoms with Crippen LogP contribution in [0.15, 0.2) is 89.4 Å². The van der Waals surface area contributed by atoms with Gasteiger partial charge in [0, 0.05) is 34.9 Å². The van der Waals surface area contributed by atoms with E-state index in [1.807, 2.05) is 84.6 Å². The molecular weight excluding hydrogens is 802 g/mol. The summed E-state index contributed by atoms with van der Waals surface area (Å²) in [6.07, 6.45) is 2.05. The number of anilines is 3. The Morgan fingerprint density at radius 3 is 2.42 bits per heavy atom. The van der Waals surface area contributed by atoms with Crippen molar-refractivity contribution in [2.45, 2.75) is 82.5 Å². The van der Waals surface area contributed by atoms with Crippen molar-refractivity contribution in [1.29, 1.82) is 0 Å². The lowest BCUT2D eigenvalue weighted by Gasteiger charge is -2.37. The Balaban J connectivity index is 1.23. The molecule has 1 saturated heterocycles. The maximum atomic E-state index is 15.3. The van der Waals surface area contributed by atoms with E-state index in [1.165, 1.54) is 5.19 Å². The van der Waals surface area contributed by atoms with Crippen LogP contribution in [-0.2, 0) is 32.9 Å². The van der Waals surface area contributed by atoms with E-state index in [4.69, 9.17) is 14.2 Å². The van der Waals surface area contributed by atoms with E-state index in [2.05, 4.69) is 53.4 Å². The number of unbranched alkanes of at least 4 members (excludes halogenated alkanes) is 1. The van der Waals surface area contributed by atoms with Gasteiger partial charge in [-0.1, -0.05) is 65.4 Å². The third kappa shape index (κ3) is 7.56. The molecule has 3 aliphatic rings. The van der Waals surface area contributed by atoms with Crippen molar-refractivity contribution in [2.24, 2.45) is 5.92 Å². The van der Waals surface area contributed by atoms with Gasteiger partial charge in [-0.3, -0.25) is 14.5 Å². The van der Waals surface area contributed by atoms with Gasteiger partial charge in [0.1, 0.15) is 11.5 Å². The molecule has 302 valence electrons. The zero-order valence-corrected chi connectivity index (χ0v) is 36.1. The number of benzene rings is 4. The molecule has 0 saturated carbocycles. The van der Waals surface area contributed by atoms with Crippen LogP contribution in [0.1, 0.15) is 49.8 Å². The van der Waals surface area contributed by atoms with E-state index in [9.17, 15) is 15.0 Å². The van der Waals surface area contributed by atoms with Crippen molar-refractivity contribution in [3.63, 3.8) is 0 Å². The molecule has 0 radical (unpaired) electrons. The molecular formula is C45H54BrN3O7Si. The number of hydrogen-bond acceptors (Lipinski definition) is 8. The number of hydrogen-bond donors (Lipinski definition) is 3. The molecule has 1 unspecified atom stereocenters. The van der Waals surface area contributed by atoms with Gasteiger partial charge in [-0.2, -0.15) is 0 Å². The Kier molecular flexibility index (Phi) is 12.3. The molecule has 1 fully saturated rings. The fourth-order valence-electron chi connectivity index (χ4n) is 9.54. The highest BCUT2D eigenvalue weighted by Crippen LogP contribution is 2.60. The number of nitrogens with zero attached hydrogens (tertiary/aromatic N) is 2. The topological polar surface area (TPSA) is 121 Å². The first-order valence-corrected chi connectivity index (χ1v) is 23.9. The molecule has 4 aromatic carbocycles. The van der Waals surface area contributed by atoms with Crippen molar-refractivity contribution >= 4 is 58.1 Å². The number of aliphatic hydroxyl groups excluding tert-OH is 2. The monoisotopic (exact) mass is 855 g/mol. The highest BCUT2D eigenvalue weighted by Gasteiger charge is 2.66. The minimum absolute atomic E-state index is 0.0238. The summed E-state index contributed by atoms with van der Waals surface area (Å²) < 4.78 is 19.3. The van der Waals surface area contributed by atoms with Crippen LogP contribution in [0.4, 0.5) is 17.1 Å². The lowest BCUT2D eigenvalue weighted by atomic mass is 9.82. The van der Waals surface area contributed by atoms with Gasteiger partial charge in [-0.15, -0.1) is 0 Å². The van der Waals surface area contributed by atoms with Crippen molar-refractivity contribution in [2.75, 3.05) is 43.3 Å². The number of rotatable bonds is 15. The van der Waals surface area contributed by atoms with Crippen molar-refractivity contribution in [3.8, 4) is 11.5 Å². The maximum Gasteiger partial charge on any atom is 0.264 e. The van der Waals surface area contributed by atoms with Gasteiger partial charge in [0.2, 0.25) is 5.91 Å². The van der Waals surface area contributed by atoms with Crippen LogP contribution in [0, 0.1) is 5.92 Å². The number of carbonyl (C=O) groups excluding carboxylic acids is 2. The second kappa shape index (κ2) is 17.0. The minimum atomic E-state index is -2.32. The fourth-order valence-corrected chi connectivity index (χ4v) is 14.0. The number of amides is 2. The van der Waals surface area contributed by atoms with Gasteiger partial charge in [-0.05, 0) is 116 Å². The largest absolute Gasteiger partial charge is 0.497 e. The summed E-state index contributed by atoms with van der Waals surface area (Å²) in [4.78, 5) is 33.1. The quantitative estimate of drug-likeness (QED) is 0.0869. The lowest BCUT2D eigenvalue weighted by molar-refractivity contribution is -0.146. The number of fused-ring (bicyclic) bond motifs is 3. The second-order valence-electron chi connectivity index (χ2n) is 15.9. The van der Waals surface area contributed by atoms with E-state index < -0.39 is 19.7 Å². The first kappa shape index (κ1) is 41.1. The first-order chi connectivity index (χ1) is 27.5. The molecule has 2 amide bonds. The summed E-state index contributed by atoms with van der Waals surface area (Å²) in [5.41, 5.74) is 3.79. The molecule has 0 aromatic heterocycles. The summed E-state index contributed by atoms with van der Waals surface area (Å²) in [7, 11) is -0.662. The van der Waals surface area contributed by atoms with E-state index >= 15 is 4.79 Å². The number of halogens is 1. The van der Waals surface area contributed by atoms with Crippen LogP contribution in [-0.4, -0.2) is 75.7 Å². The summed E-state index contributed by atoms with van der Waals surface area (Å²) in [5, 5.41) is 24.3. The standard InChI is InChI=1S/C45H54BrN3O7Si/c1-6-55-35-15-19-39-31(25-35)26-38(47-21-7-8-22-50)43(52)49(39)33-11-9-10-30(24-33)28-48-40-18-12-32(46)27-37(40)45(44(48)53)29(2)42(41(56-45)20-23-51)57(4,5)36-16-13-34(54-3)14-17-36/h9-19,24-25,27,29,38,41-42,47,50-51H,6-8,20-23,26,28H2,1-5H3/t29-,38?,41+,42-,45+/m0/s1. The minimum Gasteiger partial charge on any atom is -0.497 e. The maximum absolute atomic E-state index is 15.3. The number of ether oxygens (including phenoxy) is 3. The fraction of sp³-hybridized carbons (Fsp3) is 0.422. The van der Waals surface area contributed by atoms with Gasteiger partial charge >= 0.3 is 0 Å². The lowest BCUT2D eigenvalue weighted by Crippen LogP contribution is -2.51. The smallest absolute Gasteiger partial charge is 0.264 e. The Labute approximate surface area is 345 Å². The third-order valence-electron chi connectivity index (χ3n) is 12.2. The molecule has 0 aliphatic carbocycles. The van der Waals surface area contributed by atoms with Crippen LogP contribution in [0.25, 0.3) is 0 Å². The Morgan fingerprint density at radius 1 is 0.947 bits per heavy atom. The summed E-state index contributed by atoms with van der Waals surface area (Å²) in [6, 6.07) is 27.5. The van der Waals surface area contributed by atoms with E-state index in [0.29, 0.717) is 38.1 Å². The average Bonchev–Trinajstić information content (AvgIpc) is 3.62. The molecule has 3 aliphatic heterocycles. The van der Waals surface area contributed by atoms with Crippen LogP contribution < -0.4 is 29.8 Å². The molecule has 5 atom stereocenters. The zero-order chi connectivity index (χ0) is 40.5. The van der Waals surface area contributed by atoms with Crippen molar-refractivity contribution in [1.82, 2.24) is 5.32 Å². The highest BCUT2D eigenvalue weighted by molar-refractivity contribution is 9.10. The van der Waals surface area contributed by atoms with Gasteiger partial charge in [-0.25, -0.2) is 0 Å². The molecule has 3 heterocycles. The summed E-state index contributed by atoms with van der Waals surface area (Å²) in [5.74, 6) is 1.18. The predicted molar refractivity (Wildman–Crippen MR) is 230 cm³/mol. The van der Waals surface area contributed by atoms with E-state index in [-0.39, 0.29) is 49.1 Å². The number of methoxy groups -OCH3 is 1. The molecule has 0 bridgehead atoms. The van der Waals surface area contributed by atoms with Crippen LogP contribution >= 0.6 is 15.9 Å². The van der Waals surface area contributed by atoms with Gasteiger partial charge < -0.3 is 34.6 Å². The highest BCUT2D eigenvalue weighted by atomic mass is 79.9. The van der Waals surface area contributed by atoms with Crippen molar-refractivity contribution in [3.05, 3.63) is 106 Å². The van der Waals surface area contributed by atoms with Crippen LogP contribution in [0.3, 0.4) is 0 Å². The Hall–Kier alpha value is -4.04. The molecule has 3 N–H and O–H groups in total. The molecule has 7 rings (SSSR count). The Bertz CT molecular complexity index is 2100. The van der Waals surface area contributed by atoms with Gasteiger partial charge in [0.05, 0.1) is 51.9 Å². The van der Waals surface area contributed by atoms with Crippen molar-refractivity contribution < 1.29 is 34.0 Å². The molecule has 10 nitrogen and oxygen atoms in total. The van der Waals surface area contributed by atoms with Crippen LogP contribution in [0.2, 0.25) is 18.6 Å². The molecule has 1 spiro atoms. The van der Waals surface area contributed by atoms with Gasteiger partial charge in [0.15, 0.2) is 5.60 Å². The average molecular weight is 857 g/mol.